The molecule has 0 heterocycles. The molecule has 0 aromatic heterocycles. The SMILES string of the molecule is C1C2CC3CC1CC(C2)C3.C1CC1.C1CCC1.C1CCCC1.C1CCCCC1.C1CCCCCC1.C1CCCCCCC1.CC.CC.CC.CC.CC.CC.CC. The van der Waals surface area contributed by atoms with Crippen molar-refractivity contribution in [2.45, 2.75) is 347 Å². The fourth-order valence-corrected chi connectivity index (χ4v) is 8.83. The zero-order chi connectivity index (χ0) is 43.9. The lowest BCUT2D eigenvalue weighted by atomic mass is 9.56. The first-order valence-corrected chi connectivity index (χ1v) is 28.4. The Labute approximate surface area is 369 Å². The summed E-state index contributed by atoms with van der Waals surface area (Å²) in [6.45, 7) is 28.0. The second-order valence-electron chi connectivity index (χ2n) is 16.5. The van der Waals surface area contributed by atoms with Crippen molar-refractivity contribution in [2.24, 2.45) is 23.7 Å². The Morgan fingerprint density at radius 2 is 0.175 bits per heavy atom. The molecule has 0 spiro atoms. The van der Waals surface area contributed by atoms with Crippen molar-refractivity contribution in [3.05, 3.63) is 0 Å². The van der Waals surface area contributed by atoms with Gasteiger partial charge in [-0.05, 0) is 62.2 Å². The third-order valence-electron chi connectivity index (χ3n) is 11.9. The van der Waals surface area contributed by atoms with Crippen LogP contribution in [0, 0.1) is 23.7 Å². The van der Waals surface area contributed by atoms with Crippen molar-refractivity contribution in [3.8, 4) is 0 Å². The summed E-state index contributed by atoms with van der Waals surface area (Å²) < 4.78 is 0. The molecule has 0 amide bonds. The summed E-state index contributed by atoms with van der Waals surface area (Å²) in [5.41, 5.74) is 0. The summed E-state index contributed by atoms with van der Waals surface area (Å²) >= 11 is 0. The topological polar surface area (TPSA) is 0 Å². The molecule has 0 atom stereocenters. The highest BCUT2D eigenvalue weighted by atomic mass is 14.5. The van der Waals surface area contributed by atoms with Gasteiger partial charge in [0.15, 0.2) is 0 Å². The van der Waals surface area contributed by atoms with E-state index < -0.39 is 0 Å². The average molecular weight is 810 g/mol. The van der Waals surface area contributed by atoms with Gasteiger partial charge >= 0.3 is 0 Å². The molecule has 0 radical (unpaired) electrons. The van der Waals surface area contributed by atoms with Crippen LogP contribution in [0.2, 0.25) is 0 Å². The van der Waals surface area contributed by atoms with Gasteiger partial charge in [0.2, 0.25) is 0 Å². The minimum absolute atomic E-state index is 1.18. The first-order chi connectivity index (χ1) is 28.4. The van der Waals surface area contributed by atoms with Gasteiger partial charge in [0, 0.05) is 0 Å². The van der Waals surface area contributed by atoms with Gasteiger partial charge in [0.05, 0.1) is 0 Å². The molecule has 0 N–H and O–H groups in total. The summed E-state index contributed by atoms with van der Waals surface area (Å²) in [5.74, 6) is 4.71. The van der Waals surface area contributed by atoms with E-state index in [2.05, 4.69) is 0 Å². The minimum atomic E-state index is 1.18. The Hall–Kier alpha value is 0. The van der Waals surface area contributed by atoms with Gasteiger partial charge < -0.3 is 0 Å². The normalized spacial score (nSPS) is 24.7. The number of hydrogen-bond donors (Lipinski definition) is 0. The van der Waals surface area contributed by atoms with Gasteiger partial charge in [-0.25, -0.2) is 0 Å². The lowest BCUT2D eigenvalue weighted by Crippen LogP contribution is -2.38. The maximum absolute atomic E-state index is 2.00. The monoisotopic (exact) mass is 809 g/mol. The molecule has 10 fully saturated rings. The molecule has 10 aliphatic rings. The molecule has 0 unspecified atom stereocenters. The second-order valence-corrected chi connectivity index (χ2v) is 16.5. The van der Waals surface area contributed by atoms with E-state index in [0.29, 0.717) is 0 Å². The van der Waals surface area contributed by atoms with Crippen molar-refractivity contribution >= 4 is 0 Å². The van der Waals surface area contributed by atoms with Crippen LogP contribution in [0.5, 0.6) is 0 Å². The van der Waals surface area contributed by atoms with Gasteiger partial charge in [-0.1, -0.05) is 309 Å². The second kappa shape index (κ2) is 65.1. The standard InChI is InChI=1S/C10H16.C8H16.C7H14.C6H12.C5H10.C4H8.C3H6.7C2H6/c1-7-2-9-4-8(1)5-10(3-7)6-9;1-2-4-6-8-7-5-3-1;1-2-4-6-7-5-3-1;1-2-4-6-5-3-1;1-2-4-5-3-1;1-2-4-3-1;1-2-3-1;7*1-2/h7-10H,1-6H2;1-8H2;1-7H2;1-6H2;1-5H2;1-4H2;1-3H2;7*1-2H3. The Morgan fingerprint density at radius 1 is 0.123 bits per heavy atom. The van der Waals surface area contributed by atoms with Crippen LogP contribution in [-0.4, -0.2) is 0 Å². The summed E-state index contributed by atoms with van der Waals surface area (Å²) in [5, 5.41) is 0. The van der Waals surface area contributed by atoms with Gasteiger partial charge in [0.1, 0.15) is 0 Å². The first kappa shape index (κ1) is 66.1. The lowest BCUT2D eigenvalue weighted by molar-refractivity contribution is 0.0198. The molecule has 4 bridgehead atoms. The molecular weight excluding hydrogens is 685 g/mol. The first-order valence-electron chi connectivity index (χ1n) is 28.4. The third kappa shape index (κ3) is 54.0. The highest BCUT2D eigenvalue weighted by Gasteiger charge is 2.41. The number of hydrogen-bond acceptors (Lipinski definition) is 0. The van der Waals surface area contributed by atoms with Crippen LogP contribution >= 0.6 is 0 Å². The predicted molar refractivity (Wildman–Crippen MR) is 273 cm³/mol. The zero-order valence-electron chi connectivity index (χ0n) is 43.9. The summed E-state index contributed by atoms with van der Waals surface area (Å²) in [6.07, 6.45) is 59.1. The molecule has 10 rings (SSSR count). The summed E-state index contributed by atoms with van der Waals surface area (Å²) in [6, 6.07) is 0. The predicted octanol–water partition coefficient (Wildman–Crippen LogP) is 22.9. The van der Waals surface area contributed by atoms with Gasteiger partial charge in [-0.3, -0.25) is 0 Å². The molecule has 0 aliphatic heterocycles. The lowest BCUT2D eigenvalue weighted by Gasteiger charge is -2.49. The highest BCUT2D eigenvalue weighted by Crippen LogP contribution is 2.53. The maximum atomic E-state index is 2.00. The molecular formula is C57H124. The van der Waals surface area contributed by atoms with Gasteiger partial charge in [-0.2, -0.15) is 0 Å². The Morgan fingerprint density at radius 3 is 0.228 bits per heavy atom. The minimum Gasteiger partial charge on any atom is -0.0683 e. The average Bonchev–Trinajstić information content (AvgIpc) is 4.09. The Bertz CT molecular complexity index is 437. The van der Waals surface area contributed by atoms with E-state index >= 15 is 0 Å². The van der Waals surface area contributed by atoms with E-state index in [4.69, 9.17) is 0 Å². The van der Waals surface area contributed by atoms with E-state index in [9.17, 15) is 0 Å². The van der Waals surface area contributed by atoms with Crippen molar-refractivity contribution in [3.63, 3.8) is 0 Å². The Balaban J connectivity index is -0.000000179. The molecule has 0 nitrogen and oxygen atoms in total. The summed E-state index contributed by atoms with van der Waals surface area (Å²) in [4.78, 5) is 0. The zero-order valence-corrected chi connectivity index (χ0v) is 43.9. The van der Waals surface area contributed by atoms with Crippen molar-refractivity contribution < 1.29 is 0 Å². The van der Waals surface area contributed by atoms with Crippen LogP contribution in [0.1, 0.15) is 347 Å². The molecule has 0 heteroatoms. The van der Waals surface area contributed by atoms with Crippen LogP contribution in [0.15, 0.2) is 0 Å². The van der Waals surface area contributed by atoms with E-state index in [1.54, 1.807) is 38.5 Å². The van der Waals surface area contributed by atoms with Crippen LogP contribution in [0.3, 0.4) is 0 Å². The third-order valence-corrected chi connectivity index (χ3v) is 11.9. The molecule has 0 aromatic carbocycles. The molecule has 57 heavy (non-hydrogen) atoms. The van der Waals surface area contributed by atoms with Gasteiger partial charge in [-0.15, -0.1) is 0 Å². The Kier molecular flexibility index (Phi) is 75.5. The van der Waals surface area contributed by atoms with Crippen LogP contribution in [0.4, 0.5) is 0 Å². The molecule has 0 aromatic rings. The smallest absolute Gasteiger partial charge is 0.0406 e. The molecule has 0 saturated heterocycles. The molecule has 10 aliphatic carbocycles. The quantitative estimate of drug-likeness (QED) is 0.214. The van der Waals surface area contributed by atoms with Crippen LogP contribution < -0.4 is 0 Å². The van der Waals surface area contributed by atoms with Gasteiger partial charge in [0.25, 0.3) is 0 Å². The van der Waals surface area contributed by atoms with Crippen molar-refractivity contribution in [1.29, 1.82) is 0 Å². The molecule has 352 valence electrons. The fraction of sp³-hybridized carbons (Fsp3) is 1.00. The van der Waals surface area contributed by atoms with E-state index in [1.165, 1.54) is 236 Å². The van der Waals surface area contributed by atoms with Crippen LogP contribution in [-0.2, 0) is 0 Å². The fourth-order valence-electron chi connectivity index (χ4n) is 8.83. The van der Waals surface area contributed by atoms with E-state index in [1.807, 2.05) is 96.9 Å². The van der Waals surface area contributed by atoms with Crippen molar-refractivity contribution in [2.75, 3.05) is 0 Å². The largest absolute Gasteiger partial charge is 0.0683 e. The van der Waals surface area contributed by atoms with Crippen molar-refractivity contribution in [1.82, 2.24) is 0 Å². The molecule has 10 saturated carbocycles. The summed E-state index contributed by atoms with van der Waals surface area (Å²) in [7, 11) is 0. The van der Waals surface area contributed by atoms with E-state index in [-0.39, 0.29) is 0 Å². The maximum Gasteiger partial charge on any atom is -0.0406 e. The highest BCUT2D eigenvalue weighted by molar-refractivity contribution is 4.93. The van der Waals surface area contributed by atoms with E-state index in [0.717, 1.165) is 0 Å². The number of rotatable bonds is 0. The van der Waals surface area contributed by atoms with Crippen LogP contribution in [0.25, 0.3) is 0 Å².